The molecule has 1 aromatic rings. The van der Waals surface area contributed by atoms with Gasteiger partial charge in [0.15, 0.2) is 0 Å². The summed E-state index contributed by atoms with van der Waals surface area (Å²) in [6.07, 6.45) is 0.869. The maximum Gasteiger partial charge on any atom is 0.0671 e. The molecule has 82 valence electrons. The fourth-order valence-corrected chi connectivity index (χ4v) is 3.34. The molecule has 0 aromatic heterocycles. The van der Waals surface area contributed by atoms with Crippen molar-refractivity contribution in [1.29, 1.82) is 0 Å². The predicted octanol–water partition coefficient (Wildman–Crippen LogP) is 3.27. The zero-order chi connectivity index (χ0) is 11.7. The number of thiol groups is 1. The van der Waals surface area contributed by atoms with Crippen molar-refractivity contribution in [2.24, 2.45) is 5.92 Å². The normalized spacial score (nSPS) is 25.2. The van der Waals surface area contributed by atoms with Crippen LogP contribution in [0, 0.1) is 5.92 Å². The second kappa shape index (κ2) is 5.00. The van der Waals surface area contributed by atoms with Crippen molar-refractivity contribution in [2.45, 2.75) is 11.7 Å². The lowest BCUT2D eigenvalue weighted by atomic mass is 9.97. The van der Waals surface area contributed by atoms with E-state index in [1.165, 1.54) is 5.56 Å². The van der Waals surface area contributed by atoms with Crippen LogP contribution in [0.4, 0.5) is 0 Å². The van der Waals surface area contributed by atoms with Crippen LogP contribution in [-0.2, 0) is 6.42 Å². The smallest absolute Gasteiger partial charge is 0.0671 e. The summed E-state index contributed by atoms with van der Waals surface area (Å²) >= 11 is 20.3. The van der Waals surface area contributed by atoms with Crippen LogP contribution in [0.25, 0.3) is 0 Å². The minimum absolute atomic E-state index is 0.00945. The molecule has 0 nitrogen and oxygen atoms in total. The summed E-state index contributed by atoms with van der Waals surface area (Å²) in [5.74, 6) is 0.181. The van der Waals surface area contributed by atoms with Crippen LogP contribution < -0.4 is 0 Å². The molecule has 1 saturated carbocycles. The number of hydrogen-bond donors (Lipinski definition) is 1. The zero-order valence-corrected chi connectivity index (χ0v) is 11.8. The summed E-state index contributed by atoms with van der Waals surface area (Å²) in [5.41, 5.74) is 1.25. The van der Waals surface area contributed by atoms with Gasteiger partial charge >= 0.3 is 0 Å². The first kappa shape index (κ1) is 12.3. The summed E-state index contributed by atoms with van der Waals surface area (Å²) in [7, 11) is 0. The van der Waals surface area contributed by atoms with Crippen molar-refractivity contribution in [3.8, 4) is 0 Å². The molecule has 0 spiro atoms. The van der Waals surface area contributed by atoms with Crippen molar-refractivity contribution < 1.29 is 0 Å². The third-order valence-corrected chi connectivity index (χ3v) is 5.19. The molecular formula is C12H10S4. The molecule has 1 aromatic carbocycles. The Morgan fingerprint density at radius 2 is 1.62 bits per heavy atom. The minimum atomic E-state index is 0.00945. The summed E-state index contributed by atoms with van der Waals surface area (Å²) in [6.45, 7) is 0. The Hall–Kier alpha value is -0.160. The molecule has 1 fully saturated rings. The highest BCUT2D eigenvalue weighted by atomic mass is 32.1. The Morgan fingerprint density at radius 1 is 1.00 bits per heavy atom. The molecule has 1 aliphatic carbocycles. The maximum atomic E-state index is 5.34. The molecule has 0 aliphatic heterocycles. The van der Waals surface area contributed by atoms with E-state index >= 15 is 0 Å². The lowest BCUT2D eigenvalue weighted by Crippen LogP contribution is -2.19. The van der Waals surface area contributed by atoms with Crippen LogP contribution in [0.1, 0.15) is 5.56 Å². The molecule has 0 radical (unpaired) electrons. The number of hydrogen-bond acceptors (Lipinski definition) is 4. The lowest BCUT2D eigenvalue weighted by molar-refractivity contribution is 0.765. The summed E-state index contributed by atoms with van der Waals surface area (Å²) < 4.78 is 0. The van der Waals surface area contributed by atoms with Crippen LogP contribution in [0.5, 0.6) is 0 Å². The Balaban J connectivity index is 2.20. The lowest BCUT2D eigenvalue weighted by Gasteiger charge is -2.13. The molecule has 2 rings (SSSR count). The van der Waals surface area contributed by atoms with Gasteiger partial charge in [0, 0.05) is 20.9 Å². The van der Waals surface area contributed by atoms with Gasteiger partial charge < -0.3 is 0 Å². The van der Waals surface area contributed by atoms with Gasteiger partial charge in [-0.3, -0.25) is 0 Å². The number of rotatable bonds is 2. The summed E-state index contributed by atoms with van der Waals surface area (Å²) in [6, 6.07) is 10.2. The van der Waals surface area contributed by atoms with E-state index in [1.54, 1.807) is 0 Å². The monoisotopic (exact) mass is 282 g/mol. The first-order valence-electron chi connectivity index (χ1n) is 4.95. The SMILES string of the molecule is S=C1C(=S)C(S)C(Cc2ccccc2)C1=S. The average Bonchev–Trinajstić information content (AvgIpc) is 2.48. The molecule has 0 bridgehead atoms. The van der Waals surface area contributed by atoms with E-state index in [2.05, 4.69) is 24.8 Å². The number of benzene rings is 1. The molecule has 4 heteroatoms. The van der Waals surface area contributed by atoms with Gasteiger partial charge in [-0.1, -0.05) is 67.0 Å². The van der Waals surface area contributed by atoms with E-state index in [4.69, 9.17) is 36.7 Å². The van der Waals surface area contributed by atoms with Gasteiger partial charge in [0.1, 0.15) is 0 Å². The average molecular weight is 282 g/mol. The molecule has 1 aliphatic rings. The standard InChI is InChI=1S/C12H10S4/c13-9-8(10(14)12(16)11(9)15)6-7-4-2-1-3-5-7/h1-5,8-9,13H,6H2. The maximum absolute atomic E-state index is 5.34. The first-order chi connectivity index (χ1) is 7.61. The van der Waals surface area contributed by atoms with Crippen molar-refractivity contribution >= 4 is 63.9 Å². The van der Waals surface area contributed by atoms with Crippen molar-refractivity contribution in [3.63, 3.8) is 0 Å². The Kier molecular flexibility index (Phi) is 3.85. The van der Waals surface area contributed by atoms with Crippen LogP contribution in [0.15, 0.2) is 30.3 Å². The van der Waals surface area contributed by atoms with Crippen molar-refractivity contribution in [3.05, 3.63) is 35.9 Å². The molecular weight excluding hydrogens is 272 g/mol. The molecule has 2 atom stereocenters. The molecule has 16 heavy (non-hydrogen) atoms. The molecule has 2 unspecified atom stereocenters. The summed E-state index contributed by atoms with van der Waals surface area (Å²) in [5, 5.41) is 0.00945. The first-order valence-corrected chi connectivity index (χ1v) is 6.69. The summed E-state index contributed by atoms with van der Waals surface area (Å²) in [4.78, 5) is 2.22. The van der Waals surface area contributed by atoms with Gasteiger partial charge in [-0.2, -0.15) is 12.6 Å². The van der Waals surface area contributed by atoms with Gasteiger partial charge in [-0.05, 0) is 12.0 Å². The molecule has 0 N–H and O–H groups in total. The Labute approximate surface area is 117 Å². The van der Waals surface area contributed by atoms with Gasteiger partial charge in [0.25, 0.3) is 0 Å². The molecule has 0 amide bonds. The van der Waals surface area contributed by atoms with E-state index < -0.39 is 0 Å². The molecule has 0 heterocycles. The van der Waals surface area contributed by atoms with Gasteiger partial charge in [-0.25, -0.2) is 0 Å². The fraction of sp³-hybridized carbons (Fsp3) is 0.250. The van der Waals surface area contributed by atoms with Crippen molar-refractivity contribution in [2.75, 3.05) is 0 Å². The van der Waals surface area contributed by atoms with E-state index in [9.17, 15) is 0 Å². The van der Waals surface area contributed by atoms with Crippen LogP contribution in [0.3, 0.4) is 0 Å². The van der Waals surface area contributed by atoms with Gasteiger partial charge in [0.05, 0.1) is 4.86 Å². The highest BCUT2D eigenvalue weighted by Crippen LogP contribution is 2.28. The minimum Gasteiger partial charge on any atom is -0.169 e. The van der Waals surface area contributed by atoms with Crippen LogP contribution in [-0.4, -0.2) is 19.8 Å². The largest absolute Gasteiger partial charge is 0.169 e. The van der Waals surface area contributed by atoms with E-state index in [1.807, 2.05) is 18.2 Å². The van der Waals surface area contributed by atoms with Crippen LogP contribution in [0.2, 0.25) is 0 Å². The molecule has 0 saturated heterocycles. The topological polar surface area (TPSA) is 0 Å². The second-order valence-corrected chi connectivity index (χ2v) is 5.64. The quantitative estimate of drug-likeness (QED) is 0.653. The van der Waals surface area contributed by atoms with Gasteiger partial charge in [-0.15, -0.1) is 0 Å². The Morgan fingerprint density at radius 3 is 2.12 bits per heavy atom. The number of thiocarbonyl (C=S) groups is 3. The predicted molar refractivity (Wildman–Crippen MR) is 84.2 cm³/mol. The van der Waals surface area contributed by atoms with Crippen molar-refractivity contribution in [1.82, 2.24) is 0 Å². The van der Waals surface area contributed by atoms with E-state index in [-0.39, 0.29) is 11.2 Å². The van der Waals surface area contributed by atoms with Crippen LogP contribution >= 0.6 is 49.3 Å². The second-order valence-electron chi connectivity index (χ2n) is 3.80. The third-order valence-electron chi connectivity index (χ3n) is 2.73. The Bertz CT molecular complexity index is 449. The fourth-order valence-electron chi connectivity index (χ4n) is 1.82. The highest BCUT2D eigenvalue weighted by molar-refractivity contribution is 7.97. The van der Waals surface area contributed by atoms with E-state index in [0.717, 1.165) is 16.1 Å². The third kappa shape index (κ3) is 2.25. The van der Waals surface area contributed by atoms with E-state index in [0.29, 0.717) is 4.86 Å². The van der Waals surface area contributed by atoms with Gasteiger partial charge in [0.2, 0.25) is 0 Å². The zero-order valence-electron chi connectivity index (χ0n) is 8.42. The highest BCUT2D eigenvalue weighted by Gasteiger charge is 2.37.